The molecule has 2 atom stereocenters. The van der Waals surface area contributed by atoms with E-state index in [-0.39, 0.29) is 11.8 Å². The average Bonchev–Trinajstić information content (AvgIpc) is 2.83. The number of carbonyl (C=O) groups excluding carboxylic acids is 1. The molecule has 3 rings (SSSR count). The van der Waals surface area contributed by atoms with Crippen LogP contribution in [0.4, 0.5) is 0 Å². The van der Waals surface area contributed by atoms with Gasteiger partial charge < -0.3 is 0 Å². The molecule has 2 aromatic rings. The highest BCUT2D eigenvalue weighted by molar-refractivity contribution is 5.91. The maximum absolute atomic E-state index is 12.0. The van der Waals surface area contributed by atoms with Gasteiger partial charge in [-0.1, -0.05) is 24.3 Å². The Labute approximate surface area is 86.9 Å². The van der Waals surface area contributed by atoms with Gasteiger partial charge in [-0.15, -0.1) is 5.10 Å². The summed E-state index contributed by atoms with van der Waals surface area (Å²) in [4.78, 5) is 12.0. The zero-order valence-corrected chi connectivity index (χ0v) is 8.42. The third-order valence-electron chi connectivity index (χ3n) is 2.99. The molecular weight excluding hydrogens is 190 g/mol. The van der Waals surface area contributed by atoms with Crippen molar-refractivity contribution >= 4 is 16.9 Å². The van der Waals surface area contributed by atoms with Gasteiger partial charge in [0.05, 0.1) is 5.52 Å². The summed E-state index contributed by atoms with van der Waals surface area (Å²) in [7, 11) is 0. The Kier molecular flexibility index (Phi) is 1.65. The van der Waals surface area contributed by atoms with E-state index in [9.17, 15) is 4.79 Å². The fourth-order valence-corrected chi connectivity index (χ4v) is 1.85. The smallest absolute Gasteiger partial charge is 0.252 e. The topological polar surface area (TPSA) is 47.8 Å². The van der Waals surface area contributed by atoms with Crippen molar-refractivity contribution in [2.75, 3.05) is 0 Å². The van der Waals surface area contributed by atoms with E-state index in [2.05, 4.69) is 17.2 Å². The molecule has 0 radical (unpaired) electrons. The third kappa shape index (κ3) is 1.25. The van der Waals surface area contributed by atoms with Crippen molar-refractivity contribution in [3.8, 4) is 0 Å². The van der Waals surface area contributed by atoms with Gasteiger partial charge in [-0.05, 0) is 24.5 Å². The minimum Gasteiger partial charge on any atom is -0.272 e. The van der Waals surface area contributed by atoms with Crippen LogP contribution < -0.4 is 0 Å². The highest BCUT2D eigenvalue weighted by atomic mass is 16.2. The van der Waals surface area contributed by atoms with Crippen LogP contribution in [0.25, 0.3) is 11.0 Å². The van der Waals surface area contributed by atoms with Crippen LogP contribution in [0.3, 0.4) is 0 Å². The number of rotatable bonds is 1. The first-order chi connectivity index (χ1) is 7.27. The predicted molar refractivity (Wildman–Crippen MR) is 55.4 cm³/mol. The van der Waals surface area contributed by atoms with Crippen molar-refractivity contribution in [3.63, 3.8) is 0 Å². The van der Waals surface area contributed by atoms with Gasteiger partial charge in [0.25, 0.3) is 5.91 Å². The lowest BCUT2D eigenvalue weighted by Gasteiger charge is -1.98. The van der Waals surface area contributed by atoms with Crippen molar-refractivity contribution in [3.05, 3.63) is 24.3 Å². The molecule has 1 aliphatic rings. The molecule has 1 aromatic heterocycles. The number of para-hydroxylation sites is 1. The molecule has 1 aromatic carbocycles. The Morgan fingerprint density at radius 2 is 2.20 bits per heavy atom. The molecular formula is C11H11N3O. The van der Waals surface area contributed by atoms with Crippen LogP contribution in [0.2, 0.25) is 0 Å². The first-order valence-electron chi connectivity index (χ1n) is 5.12. The molecule has 0 spiro atoms. The number of hydrogen-bond acceptors (Lipinski definition) is 3. The van der Waals surface area contributed by atoms with Crippen LogP contribution in [0, 0.1) is 11.8 Å². The predicted octanol–water partition coefficient (Wildman–Crippen LogP) is 1.73. The molecule has 1 saturated carbocycles. The minimum absolute atomic E-state index is 0.0798. The standard InChI is InChI=1S/C11H11N3O/c1-7-6-8(7)11(15)14-10-5-3-2-4-9(10)12-13-14/h2-5,7-8H,6H2,1H3/t7-,8-/m1/s1. The summed E-state index contributed by atoms with van der Waals surface area (Å²) < 4.78 is 1.43. The summed E-state index contributed by atoms with van der Waals surface area (Å²) in [6.07, 6.45) is 0.979. The Hall–Kier alpha value is -1.71. The lowest BCUT2D eigenvalue weighted by atomic mass is 10.3. The summed E-state index contributed by atoms with van der Waals surface area (Å²) in [5.74, 6) is 0.728. The third-order valence-corrected chi connectivity index (χ3v) is 2.99. The molecule has 0 aliphatic heterocycles. The molecule has 0 unspecified atom stereocenters. The normalized spacial score (nSPS) is 24.3. The van der Waals surface area contributed by atoms with Gasteiger partial charge in [0.1, 0.15) is 5.52 Å². The summed E-state index contributed by atoms with van der Waals surface area (Å²) in [6.45, 7) is 2.09. The van der Waals surface area contributed by atoms with E-state index in [1.54, 1.807) is 0 Å². The van der Waals surface area contributed by atoms with E-state index in [1.165, 1.54) is 4.68 Å². The zero-order valence-electron chi connectivity index (χ0n) is 8.42. The lowest BCUT2D eigenvalue weighted by Crippen LogP contribution is -2.15. The second-order valence-electron chi connectivity index (χ2n) is 4.15. The zero-order chi connectivity index (χ0) is 10.4. The van der Waals surface area contributed by atoms with Gasteiger partial charge in [-0.2, -0.15) is 4.68 Å². The highest BCUT2D eigenvalue weighted by Gasteiger charge is 2.40. The first-order valence-corrected chi connectivity index (χ1v) is 5.12. The van der Waals surface area contributed by atoms with E-state index >= 15 is 0 Å². The van der Waals surface area contributed by atoms with Gasteiger partial charge in [0.2, 0.25) is 0 Å². The monoisotopic (exact) mass is 201 g/mol. The molecule has 4 nitrogen and oxygen atoms in total. The van der Waals surface area contributed by atoms with Crippen molar-refractivity contribution in [1.82, 2.24) is 15.0 Å². The van der Waals surface area contributed by atoms with Crippen molar-refractivity contribution in [2.24, 2.45) is 11.8 Å². The first kappa shape index (κ1) is 8.59. The van der Waals surface area contributed by atoms with Crippen LogP contribution in [-0.4, -0.2) is 20.9 Å². The van der Waals surface area contributed by atoms with E-state index in [1.807, 2.05) is 24.3 Å². The van der Waals surface area contributed by atoms with Crippen LogP contribution in [0.5, 0.6) is 0 Å². The maximum atomic E-state index is 12.0. The molecule has 0 amide bonds. The molecule has 0 bridgehead atoms. The minimum atomic E-state index is 0.0798. The number of fused-ring (bicyclic) bond motifs is 1. The lowest BCUT2D eigenvalue weighted by molar-refractivity contribution is 0.0867. The highest BCUT2D eigenvalue weighted by Crippen LogP contribution is 2.39. The van der Waals surface area contributed by atoms with Crippen LogP contribution in [0.1, 0.15) is 18.1 Å². The van der Waals surface area contributed by atoms with Crippen molar-refractivity contribution in [2.45, 2.75) is 13.3 Å². The van der Waals surface area contributed by atoms with E-state index < -0.39 is 0 Å². The molecule has 0 saturated heterocycles. The van der Waals surface area contributed by atoms with Crippen molar-refractivity contribution in [1.29, 1.82) is 0 Å². The van der Waals surface area contributed by atoms with Gasteiger partial charge >= 0.3 is 0 Å². The maximum Gasteiger partial charge on any atom is 0.252 e. The number of carbonyl (C=O) groups is 1. The summed E-state index contributed by atoms with van der Waals surface area (Å²) >= 11 is 0. The van der Waals surface area contributed by atoms with E-state index in [4.69, 9.17) is 0 Å². The SMILES string of the molecule is C[C@@H]1C[C@H]1C(=O)n1nnc2ccccc21. The molecule has 1 aliphatic carbocycles. The number of aromatic nitrogens is 3. The quantitative estimate of drug-likeness (QED) is 0.705. The van der Waals surface area contributed by atoms with Gasteiger partial charge in [-0.3, -0.25) is 4.79 Å². The van der Waals surface area contributed by atoms with Gasteiger partial charge in [0.15, 0.2) is 0 Å². The summed E-state index contributed by atoms with van der Waals surface area (Å²) in [5.41, 5.74) is 1.58. The number of benzene rings is 1. The second kappa shape index (κ2) is 2.89. The summed E-state index contributed by atoms with van der Waals surface area (Å²) in [5, 5.41) is 7.88. The van der Waals surface area contributed by atoms with Crippen LogP contribution >= 0.6 is 0 Å². The molecule has 1 heterocycles. The largest absolute Gasteiger partial charge is 0.272 e. The molecule has 76 valence electrons. The number of hydrogen-bond donors (Lipinski definition) is 0. The Bertz CT molecular complexity index is 531. The Balaban J connectivity index is 2.07. The van der Waals surface area contributed by atoms with Crippen LogP contribution in [-0.2, 0) is 0 Å². The fourth-order valence-electron chi connectivity index (χ4n) is 1.85. The molecule has 0 N–H and O–H groups in total. The molecule has 15 heavy (non-hydrogen) atoms. The Morgan fingerprint density at radius 1 is 1.47 bits per heavy atom. The van der Waals surface area contributed by atoms with E-state index in [0.29, 0.717) is 5.92 Å². The molecule has 4 heteroatoms. The van der Waals surface area contributed by atoms with Crippen molar-refractivity contribution < 1.29 is 4.79 Å². The van der Waals surface area contributed by atoms with Gasteiger partial charge in [-0.25, -0.2) is 0 Å². The fraction of sp³-hybridized carbons (Fsp3) is 0.364. The average molecular weight is 201 g/mol. The Morgan fingerprint density at radius 3 is 2.93 bits per heavy atom. The molecule has 1 fully saturated rings. The number of nitrogens with zero attached hydrogens (tertiary/aromatic N) is 3. The van der Waals surface area contributed by atoms with Crippen LogP contribution in [0.15, 0.2) is 24.3 Å². The second-order valence-corrected chi connectivity index (χ2v) is 4.15. The van der Waals surface area contributed by atoms with E-state index in [0.717, 1.165) is 17.5 Å². The summed E-state index contributed by atoms with van der Waals surface area (Å²) in [6, 6.07) is 7.53. The van der Waals surface area contributed by atoms with Gasteiger partial charge in [0, 0.05) is 5.92 Å².